The number of hydrogen-bond donors (Lipinski definition) is 0. The van der Waals surface area contributed by atoms with Gasteiger partial charge in [-0.05, 0) is 30.5 Å². The number of carbonyl (C=O) groups is 1. The van der Waals surface area contributed by atoms with Gasteiger partial charge >= 0.3 is 6.18 Å². The average molecular weight is 244 g/mol. The maximum absolute atomic E-state index is 12.4. The van der Waals surface area contributed by atoms with Crippen LogP contribution in [0.25, 0.3) is 0 Å². The highest BCUT2D eigenvalue weighted by atomic mass is 19.4. The van der Waals surface area contributed by atoms with E-state index in [9.17, 15) is 18.0 Å². The number of ketones is 1. The fourth-order valence-electron chi connectivity index (χ4n) is 1.63. The number of halogens is 3. The van der Waals surface area contributed by atoms with Crippen molar-refractivity contribution in [2.45, 2.75) is 33.4 Å². The van der Waals surface area contributed by atoms with Gasteiger partial charge in [0.25, 0.3) is 0 Å². The third-order valence-electron chi connectivity index (χ3n) is 2.45. The SMILES string of the molecule is Cc1cc(C(F)(F)F)ccc1C(=O)CC(C)C. The van der Waals surface area contributed by atoms with Crippen LogP contribution in [0.4, 0.5) is 13.2 Å². The first-order chi connectivity index (χ1) is 7.71. The molecule has 0 aliphatic rings. The number of alkyl halides is 3. The van der Waals surface area contributed by atoms with Crippen LogP contribution in [-0.2, 0) is 6.18 Å². The van der Waals surface area contributed by atoms with E-state index in [0.717, 1.165) is 12.1 Å². The second-order valence-electron chi connectivity index (χ2n) is 4.55. The first kappa shape index (κ1) is 13.7. The van der Waals surface area contributed by atoms with E-state index in [1.165, 1.54) is 13.0 Å². The zero-order chi connectivity index (χ0) is 13.2. The van der Waals surface area contributed by atoms with Gasteiger partial charge in [0.15, 0.2) is 5.78 Å². The third-order valence-corrected chi connectivity index (χ3v) is 2.45. The predicted molar refractivity (Wildman–Crippen MR) is 60.0 cm³/mol. The van der Waals surface area contributed by atoms with Crippen LogP contribution in [0.3, 0.4) is 0 Å². The highest BCUT2D eigenvalue weighted by Gasteiger charge is 2.30. The maximum atomic E-state index is 12.4. The van der Waals surface area contributed by atoms with Crippen molar-refractivity contribution in [3.05, 3.63) is 34.9 Å². The van der Waals surface area contributed by atoms with Gasteiger partial charge in [0.05, 0.1) is 5.56 Å². The molecule has 0 atom stereocenters. The minimum absolute atomic E-state index is 0.105. The number of benzene rings is 1. The Kier molecular flexibility index (Phi) is 3.96. The van der Waals surface area contributed by atoms with Gasteiger partial charge in [-0.3, -0.25) is 4.79 Å². The Bertz CT molecular complexity index is 419. The van der Waals surface area contributed by atoms with Crippen LogP contribution in [0.5, 0.6) is 0 Å². The Hall–Kier alpha value is -1.32. The summed E-state index contributed by atoms with van der Waals surface area (Å²) >= 11 is 0. The summed E-state index contributed by atoms with van der Waals surface area (Å²) in [5.41, 5.74) is 0.0493. The van der Waals surface area contributed by atoms with Crippen LogP contribution >= 0.6 is 0 Å². The minimum Gasteiger partial charge on any atom is -0.294 e. The quantitative estimate of drug-likeness (QED) is 0.727. The van der Waals surface area contributed by atoms with Gasteiger partial charge < -0.3 is 0 Å². The van der Waals surface area contributed by atoms with Crippen molar-refractivity contribution in [2.24, 2.45) is 5.92 Å². The van der Waals surface area contributed by atoms with Gasteiger partial charge in [0.2, 0.25) is 0 Å². The Morgan fingerprint density at radius 3 is 2.29 bits per heavy atom. The summed E-state index contributed by atoms with van der Waals surface area (Å²) in [5.74, 6) is 0.0930. The Balaban J connectivity index is 3.02. The summed E-state index contributed by atoms with van der Waals surface area (Å²) in [6.45, 7) is 5.33. The molecule has 0 unspecified atom stereocenters. The predicted octanol–water partition coefficient (Wildman–Crippen LogP) is 4.24. The van der Waals surface area contributed by atoms with Crippen molar-refractivity contribution in [1.29, 1.82) is 0 Å². The number of carbonyl (C=O) groups excluding carboxylic acids is 1. The summed E-state index contributed by atoms with van der Waals surface area (Å²) in [6, 6.07) is 3.25. The summed E-state index contributed by atoms with van der Waals surface area (Å²) in [6.07, 6.45) is -4.00. The molecule has 0 fully saturated rings. The Morgan fingerprint density at radius 1 is 1.29 bits per heavy atom. The lowest BCUT2D eigenvalue weighted by Gasteiger charge is -2.11. The highest BCUT2D eigenvalue weighted by molar-refractivity contribution is 5.97. The molecule has 4 heteroatoms. The zero-order valence-electron chi connectivity index (χ0n) is 10.1. The largest absolute Gasteiger partial charge is 0.416 e. The summed E-state index contributed by atoms with van der Waals surface area (Å²) in [5, 5.41) is 0. The van der Waals surface area contributed by atoms with Crippen LogP contribution < -0.4 is 0 Å². The summed E-state index contributed by atoms with van der Waals surface area (Å²) in [4.78, 5) is 11.8. The molecule has 94 valence electrons. The molecule has 1 aromatic rings. The summed E-state index contributed by atoms with van der Waals surface area (Å²) in [7, 11) is 0. The lowest BCUT2D eigenvalue weighted by Crippen LogP contribution is -2.09. The van der Waals surface area contributed by atoms with E-state index in [0.29, 0.717) is 17.5 Å². The molecule has 0 bridgehead atoms. The van der Waals surface area contributed by atoms with Crippen molar-refractivity contribution < 1.29 is 18.0 Å². The van der Waals surface area contributed by atoms with Gasteiger partial charge in [0.1, 0.15) is 0 Å². The number of aryl methyl sites for hydroxylation is 1. The normalized spacial score (nSPS) is 11.9. The van der Waals surface area contributed by atoms with Crippen molar-refractivity contribution >= 4 is 5.78 Å². The molecule has 0 amide bonds. The molecule has 0 aromatic heterocycles. The molecule has 0 heterocycles. The van der Waals surface area contributed by atoms with E-state index in [4.69, 9.17) is 0 Å². The van der Waals surface area contributed by atoms with Crippen LogP contribution in [0, 0.1) is 12.8 Å². The lowest BCUT2D eigenvalue weighted by molar-refractivity contribution is -0.137. The molecule has 0 spiro atoms. The molecule has 17 heavy (non-hydrogen) atoms. The summed E-state index contributed by atoms with van der Waals surface area (Å²) < 4.78 is 37.3. The van der Waals surface area contributed by atoms with Crippen LogP contribution in [0.15, 0.2) is 18.2 Å². The number of hydrogen-bond acceptors (Lipinski definition) is 1. The average Bonchev–Trinajstić information content (AvgIpc) is 2.14. The van der Waals surface area contributed by atoms with Gasteiger partial charge in [-0.15, -0.1) is 0 Å². The van der Waals surface area contributed by atoms with Crippen molar-refractivity contribution in [3.8, 4) is 0 Å². The molecule has 1 rings (SSSR count). The molecular formula is C13H15F3O. The second kappa shape index (κ2) is 4.90. The zero-order valence-corrected chi connectivity index (χ0v) is 10.1. The molecule has 0 saturated heterocycles. The van der Waals surface area contributed by atoms with Gasteiger partial charge in [0, 0.05) is 12.0 Å². The smallest absolute Gasteiger partial charge is 0.294 e. The molecule has 0 saturated carbocycles. The van der Waals surface area contributed by atoms with E-state index in [1.54, 1.807) is 0 Å². The fraction of sp³-hybridized carbons (Fsp3) is 0.462. The molecule has 0 aliphatic heterocycles. The first-order valence-corrected chi connectivity index (χ1v) is 5.43. The van der Waals surface area contributed by atoms with E-state index in [1.807, 2.05) is 13.8 Å². The fourth-order valence-corrected chi connectivity index (χ4v) is 1.63. The topological polar surface area (TPSA) is 17.1 Å². The van der Waals surface area contributed by atoms with E-state index in [2.05, 4.69) is 0 Å². The minimum atomic E-state index is -4.36. The number of Topliss-reactive ketones (excluding diaryl/α,β-unsaturated/α-hetero) is 1. The van der Waals surface area contributed by atoms with Crippen molar-refractivity contribution in [3.63, 3.8) is 0 Å². The van der Waals surface area contributed by atoms with Crippen LogP contribution in [-0.4, -0.2) is 5.78 Å². The lowest BCUT2D eigenvalue weighted by atomic mass is 9.96. The molecule has 0 aliphatic carbocycles. The van der Waals surface area contributed by atoms with Gasteiger partial charge in [-0.1, -0.05) is 19.9 Å². The number of rotatable bonds is 3. The van der Waals surface area contributed by atoms with E-state index < -0.39 is 11.7 Å². The monoisotopic (exact) mass is 244 g/mol. The molecule has 0 N–H and O–H groups in total. The Morgan fingerprint density at radius 2 is 1.88 bits per heavy atom. The van der Waals surface area contributed by atoms with E-state index in [-0.39, 0.29) is 11.7 Å². The Labute approximate surface area is 98.6 Å². The maximum Gasteiger partial charge on any atom is 0.416 e. The molecular weight excluding hydrogens is 229 g/mol. The second-order valence-corrected chi connectivity index (χ2v) is 4.55. The van der Waals surface area contributed by atoms with Crippen LogP contribution in [0.2, 0.25) is 0 Å². The van der Waals surface area contributed by atoms with Gasteiger partial charge in [-0.2, -0.15) is 13.2 Å². The molecule has 1 nitrogen and oxygen atoms in total. The molecule has 1 aromatic carbocycles. The van der Waals surface area contributed by atoms with Crippen LogP contribution in [0.1, 0.15) is 41.8 Å². The van der Waals surface area contributed by atoms with Gasteiger partial charge in [-0.25, -0.2) is 0 Å². The highest BCUT2D eigenvalue weighted by Crippen LogP contribution is 2.30. The van der Waals surface area contributed by atoms with Crippen molar-refractivity contribution in [1.82, 2.24) is 0 Å². The molecule has 0 radical (unpaired) electrons. The van der Waals surface area contributed by atoms with Crippen molar-refractivity contribution in [2.75, 3.05) is 0 Å². The standard InChI is InChI=1S/C13H15F3O/c1-8(2)6-12(17)11-5-4-10(7-9(11)3)13(14,15)16/h4-5,7-8H,6H2,1-3H3. The van der Waals surface area contributed by atoms with E-state index >= 15 is 0 Å². The third kappa shape index (κ3) is 3.58. The first-order valence-electron chi connectivity index (χ1n) is 5.43.